The Morgan fingerprint density at radius 2 is 1.65 bits per heavy atom. The minimum atomic E-state index is -0.500. The van der Waals surface area contributed by atoms with E-state index in [1.165, 1.54) is 0 Å². The highest BCUT2D eigenvalue weighted by Crippen LogP contribution is 2.23. The molecule has 2 amide bonds. The van der Waals surface area contributed by atoms with Crippen molar-refractivity contribution < 1.29 is 9.59 Å². The van der Waals surface area contributed by atoms with Gasteiger partial charge in [-0.1, -0.05) is 35.9 Å². The summed E-state index contributed by atoms with van der Waals surface area (Å²) in [6.45, 7) is 7.39. The maximum absolute atomic E-state index is 12.2. The van der Waals surface area contributed by atoms with E-state index in [2.05, 4.69) is 16.0 Å². The number of carbonyl (C=O) groups is 2. The summed E-state index contributed by atoms with van der Waals surface area (Å²) >= 11 is 6.09. The van der Waals surface area contributed by atoms with E-state index in [4.69, 9.17) is 11.6 Å². The fourth-order valence-corrected chi connectivity index (χ4v) is 2.75. The fourth-order valence-electron chi connectivity index (χ4n) is 2.58. The second-order valence-corrected chi connectivity index (χ2v) is 6.72. The Hall–Kier alpha value is -2.53. The van der Waals surface area contributed by atoms with Crippen molar-refractivity contribution in [1.82, 2.24) is 5.32 Å². The molecule has 0 aromatic heterocycles. The third-order valence-electron chi connectivity index (χ3n) is 4.20. The number of anilines is 2. The van der Waals surface area contributed by atoms with Crippen LogP contribution in [0.2, 0.25) is 5.02 Å². The number of amides is 2. The van der Waals surface area contributed by atoms with Crippen LogP contribution in [0.1, 0.15) is 23.6 Å². The van der Waals surface area contributed by atoms with Crippen LogP contribution in [-0.4, -0.2) is 24.4 Å². The third kappa shape index (κ3) is 4.99. The van der Waals surface area contributed by atoms with Crippen LogP contribution >= 0.6 is 11.6 Å². The van der Waals surface area contributed by atoms with Crippen molar-refractivity contribution in [1.29, 1.82) is 0 Å². The zero-order valence-electron chi connectivity index (χ0n) is 15.4. The van der Waals surface area contributed by atoms with E-state index in [1.54, 1.807) is 13.0 Å². The molecule has 1 unspecified atom stereocenters. The molecule has 3 N–H and O–H groups in total. The first-order valence-electron chi connectivity index (χ1n) is 8.45. The minimum Gasteiger partial charge on any atom is -0.374 e. The Bertz CT molecular complexity index is 800. The lowest BCUT2D eigenvalue weighted by Gasteiger charge is -2.17. The smallest absolute Gasteiger partial charge is 0.243 e. The molecule has 0 saturated heterocycles. The lowest BCUT2D eigenvalue weighted by molar-refractivity contribution is -0.124. The van der Waals surface area contributed by atoms with Gasteiger partial charge in [-0.15, -0.1) is 0 Å². The highest BCUT2D eigenvalue weighted by atomic mass is 35.5. The summed E-state index contributed by atoms with van der Waals surface area (Å²) in [5, 5.41) is 9.25. The lowest BCUT2D eigenvalue weighted by Crippen LogP contribution is -2.41. The maximum Gasteiger partial charge on any atom is 0.243 e. The van der Waals surface area contributed by atoms with Crippen LogP contribution in [-0.2, 0) is 9.59 Å². The highest BCUT2D eigenvalue weighted by molar-refractivity contribution is 6.31. The Balaban J connectivity index is 1.89. The van der Waals surface area contributed by atoms with Crippen molar-refractivity contribution >= 4 is 34.8 Å². The van der Waals surface area contributed by atoms with Crippen LogP contribution in [0.15, 0.2) is 36.4 Å². The Kier molecular flexibility index (Phi) is 6.64. The molecule has 0 aliphatic heterocycles. The number of halogens is 1. The van der Waals surface area contributed by atoms with Crippen LogP contribution in [0.3, 0.4) is 0 Å². The number of para-hydroxylation sites is 1. The predicted molar refractivity (Wildman–Crippen MR) is 107 cm³/mol. The van der Waals surface area contributed by atoms with E-state index in [1.807, 2.05) is 51.1 Å². The second kappa shape index (κ2) is 8.72. The van der Waals surface area contributed by atoms with E-state index in [-0.39, 0.29) is 18.4 Å². The van der Waals surface area contributed by atoms with Crippen LogP contribution < -0.4 is 16.0 Å². The van der Waals surface area contributed by atoms with E-state index in [0.29, 0.717) is 5.02 Å². The molecular formula is C20H24ClN3O2. The standard InChI is InChI=1S/C20H24ClN3O2/c1-12-7-5-8-13(2)19(12)24-18(25)11-22-20(26)15(4)23-17-10-6-9-16(21)14(17)3/h5-10,15,23H,11H2,1-4H3,(H,22,26)(H,24,25). The minimum absolute atomic E-state index is 0.0901. The topological polar surface area (TPSA) is 70.2 Å². The quantitative estimate of drug-likeness (QED) is 0.720. The monoisotopic (exact) mass is 373 g/mol. The summed E-state index contributed by atoms with van der Waals surface area (Å²) in [6, 6.07) is 10.8. The van der Waals surface area contributed by atoms with Gasteiger partial charge in [0.15, 0.2) is 0 Å². The number of hydrogen-bond acceptors (Lipinski definition) is 3. The fraction of sp³-hybridized carbons (Fsp3) is 0.300. The second-order valence-electron chi connectivity index (χ2n) is 6.31. The molecule has 1 atom stereocenters. The molecule has 5 nitrogen and oxygen atoms in total. The zero-order chi connectivity index (χ0) is 19.3. The summed E-state index contributed by atoms with van der Waals surface area (Å²) in [5.74, 6) is -0.525. The lowest BCUT2D eigenvalue weighted by atomic mass is 10.1. The number of aryl methyl sites for hydroxylation is 2. The number of carbonyl (C=O) groups excluding carboxylic acids is 2. The largest absolute Gasteiger partial charge is 0.374 e. The van der Waals surface area contributed by atoms with Gasteiger partial charge in [0.2, 0.25) is 11.8 Å². The van der Waals surface area contributed by atoms with Crippen LogP contribution in [0.5, 0.6) is 0 Å². The van der Waals surface area contributed by atoms with Gasteiger partial charge in [-0.2, -0.15) is 0 Å². The Morgan fingerprint density at radius 1 is 1.04 bits per heavy atom. The molecular weight excluding hydrogens is 350 g/mol. The molecule has 0 bridgehead atoms. The van der Waals surface area contributed by atoms with Gasteiger partial charge in [0.05, 0.1) is 6.54 Å². The molecule has 26 heavy (non-hydrogen) atoms. The molecule has 138 valence electrons. The summed E-state index contributed by atoms with van der Waals surface area (Å²) in [4.78, 5) is 24.4. The molecule has 0 fully saturated rings. The molecule has 2 aromatic carbocycles. The van der Waals surface area contributed by atoms with Crippen LogP contribution in [0, 0.1) is 20.8 Å². The summed E-state index contributed by atoms with van der Waals surface area (Å²) in [7, 11) is 0. The first kappa shape index (κ1) is 19.8. The number of nitrogens with one attached hydrogen (secondary N) is 3. The van der Waals surface area contributed by atoms with Gasteiger partial charge in [-0.3, -0.25) is 9.59 Å². The first-order chi connectivity index (χ1) is 12.3. The van der Waals surface area contributed by atoms with Gasteiger partial charge < -0.3 is 16.0 Å². The molecule has 0 saturated carbocycles. The predicted octanol–water partition coefficient (Wildman–Crippen LogP) is 3.82. The summed E-state index contributed by atoms with van der Waals surface area (Å²) < 4.78 is 0. The molecule has 0 aliphatic carbocycles. The average molecular weight is 374 g/mol. The van der Waals surface area contributed by atoms with E-state index in [0.717, 1.165) is 28.1 Å². The normalized spacial score (nSPS) is 11.6. The molecule has 2 rings (SSSR count). The van der Waals surface area contributed by atoms with Crippen molar-refractivity contribution in [2.45, 2.75) is 33.7 Å². The average Bonchev–Trinajstić information content (AvgIpc) is 2.60. The zero-order valence-corrected chi connectivity index (χ0v) is 16.2. The van der Waals surface area contributed by atoms with Crippen molar-refractivity contribution in [2.24, 2.45) is 0 Å². The van der Waals surface area contributed by atoms with Crippen molar-refractivity contribution in [2.75, 3.05) is 17.2 Å². The Morgan fingerprint density at radius 3 is 2.31 bits per heavy atom. The molecule has 0 radical (unpaired) electrons. The number of rotatable bonds is 6. The molecule has 2 aromatic rings. The first-order valence-corrected chi connectivity index (χ1v) is 8.83. The third-order valence-corrected chi connectivity index (χ3v) is 4.61. The van der Waals surface area contributed by atoms with E-state index in [9.17, 15) is 9.59 Å². The molecule has 6 heteroatoms. The molecule has 0 heterocycles. The van der Waals surface area contributed by atoms with Gasteiger partial charge in [-0.25, -0.2) is 0 Å². The van der Waals surface area contributed by atoms with Gasteiger partial charge in [0.1, 0.15) is 6.04 Å². The van der Waals surface area contributed by atoms with Crippen molar-refractivity contribution in [3.63, 3.8) is 0 Å². The van der Waals surface area contributed by atoms with E-state index >= 15 is 0 Å². The number of benzene rings is 2. The number of hydrogen-bond donors (Lipinski definition) is 3. The van der Waals surface area contributed by atoms with Gasteiger partial charge in [0, 0.05) is 16.4 Å². The van der Waals surface area contributed by atoms with Gasteiger partial charge in [0.25, 0.3) is 0 Å². The maximum atomic E-state index is 12.2. The van der Waals surface area contributed by atoms with Crippen molar-refractivity contribution in [3.8, 4) is 0 Å². The van der Waals surface area contributed by atoms with Gasteiger partial charge >= 0.3 is 0 Å². The van der Waals surface area contributed by atoms with Crippen LogP contribution in [0.4, 0.5) is 11.4 Å². The highest BCUT2D eigenvalue weighted by Gasteiger charge is 2.15. The summed E-state index contributed by atoms with van der Waals surface area (Å²) in [5.41, 5.74) is 4.42. The van der Waals surface area contributed by atoms with E-state index < -0.39 is 6.04 Å². The molecule has 0 aliphatic rings. The molecule has 0 spiro atoms. The SMILES string of the molecule is Cc1cccc(C)c1NC(=O)CNC(=O)C(C)Nc1cccc(Cl)c1C. The Labute approximate surface area is 159 Å². The summed E-state index contributed by atoms with van der Waals surface area (Å²) in [6.07, 6.45) is 0. The van der Waals surface area contributed by atoms with Gasteiger partial charge in [-0.05, 0) is 56.5 Å². The van der Waals surface area contributed by atoms with Crippen molar-refractivity contribution in [3.05, 3.63) is 58.1 Å². The van der Waals surface area contributed by atoms with Crippen LogP contribution in [0.25, 0.3) is 0 Å².